The third-order valence-electron chi connectivity index (χ3n) is 3.81. The van der Waals surface area contributed by atoms with E-state index in [0.717, 1.165) is 13.0 Å². The van der Waals surface area contributed by atoms with Crippen LogP contribution in [0.1, 0.15) is 13.3 Å². The van der Waals surface area contributed by atoms with Gasteiger partial charge in [0.2, 0.25) is 0 Å². The van der Waals surface area contributed by atoms with Crippen LogP contribution in [0.3, 0.4) is 0 Å². The molecular weight excluding hydrogens is 302 g/mol. The topological polar surface area (TPSA) is 47.4 Å². The van der Waals surface area contributed by atoms with Gasteiger partial charge in [-0.15, -0.1) is 0 Å². The van der Waals surface area contributed by atoms with E-state index in [1.54, 1.807) is 17.0 Å². The van der Waals surface area contributed by atoms with Crippen LogP contribution in [0.2, 0.25) is 5.02 Å². The second-order valence-electron chi connectivity index (χ2n) is 5.25. The van der Waals surface area contributed by atoms with Crippen LogP contribution in [-0.2, 0) is 6.54 Å². The Bertz CT molecular complexity index is 717. The molecule has 0 amide bonds. The number of benzene rings is 1. The van der Waals surface area contributed by atoms with E-state index in [4.69, 9.17) is 16.3 Å². The lowest BCUT2D eigenvalue weighted by Gasteiger charge is -2.18. The molecule has 1 fully saturated rings. The largest absolute Gasteiger partial charge is 0.487 e. The Morgan fingerprint density at radius 2 is 2.23 bits per heavy atom. The van der Waals surface area contributed by atoms with Crippen LogP contribution in [0, 0.1) is 0 Å². The number of ether oxygens (including phenoxy) is 1. The number of aromatic nitrogens is 2. The van der Waals surface area contributed by atoms with Gasteiger partial charge in [-0.25, -0.2) is 4.98 Å². The summed E-state index contributed by atoms with van der Waals surface area (Å²) in [7, 11) is 0. The van der Waals surface area contributed by atoms with E-state index in [9.17, 15) is 4.79 Å². The highest BCUT2D eigenvalue weighted by molar-refractivity contribution is 6.32. The first kappa shape index (κ1) is 14.9. The summed E-state index contributed by atoms with van der Waals surface area (Å²) in [5, 5.41) is 0.604. The first-order chi connectivity index (χ1) is 10.7. The number of hydrogen-bond donors (Lipinski definition) is 0. The summed E-state index contributed by atoms with van der Waals surface area (Å²) in [4.78, 5) is 18.5. The average Bonchev–Trinajstić information content (AvgIpc) is 2.98. The van der Waals surface area contributed by atoms with Crippen molar-refractivity contribution in [2.24, 2.45) is 0 Å². The zero-order valence-corrected chi connectivity index (χ0v) is 13.2. The first-order valence-electron chi connectivity index (χ1n) is 7.40. The van der Waals surface area contributed by atoms with Crippen molar-refractivity contribution in [1.82, 2.24) is 9.55 Å². The molecule has 116 valence electrons. The van der Waals surface area contributed by atoms with Crippen molar-refractivity contribution in [3.63, 3.8) is 0 Å². The van der Waals surface area contributed by atoms with Crippen LogP contribution >= 0.6 is 11.6 Å². The molecule has 5 nitrogen and oxygen atoms in total. The van der Waals surface area contributed by atoms with E-state index < -0.39 is 0 Å². The number of aryl methyl sites for hydroxylation is 1. The zero-order valence-electron chi connectivity index (χ0n) is 12.4. The summed E-state index contributed by atoms with van der Waals surface area (Å²) in [6.07, 6.45) is 4.23. The van der Waals surface area contributed by atoms with Gasteiger partial charge in [-0.2, -0.15) is 0 Å². The fraction of sp³-hybridized carbons (Fsp3) is 0.375. The maximum atomic E-state index is 12.3. The molecule has 3 rings (SSSR count). The molecule has 22 heavy (non-hydrogen) atoms. The molecule has 1 atom stereocenters. The Morgan fingerprint density at radius 3 is 3.00 bits per heavy atom. The van der Waals surface area contributed by atoms with Gasteiger partial charge in [0.05, 0.1) is 11.6 Å². The van der Waals surface area contributed by atoms with Crippen LogP contribution in [0.25, 0.3) is 0 Å². The summed E-state index contributed by atoms with van der Waals surface area (Å²) in [5.74, 6) is 1.18. The minimum absolute atomic E-state index is 0.0105. The van der Waals surface area contributed by atoms with Gasteiger partial charge in [0.15, 0.2) is 5.82 Å². The molecule has 1 saturated heterocycles. The Labute approximate surface area is 134 Å². The van der Waals surface area contributed by atoms with Crippen molar-refractivity contribution in [1.29, 1.82) is 0 Å². The number of rotatable bonds is 4. The van der Waals surface area contributed by atoms with Crippen LogP contribution in [-0.4, -0.2) is 28.7 Å². The normalized spacial score (nSPS) is 17.7. The molecule has 0 radical (unpaired) electrons. The van der Waals surface area contributed by atoms with Crippen molar-refractivity contribution in [3.05, 3.63) is 52.0 Å². The maximum absolute atomic E-state index is 12.3. The Kier molecular flexibility index (Phi) is 4.34. The smallest absolute Gasteiger partial charge is 0.293 e. The molecule has 1 aromatic heterocycles. The van der Waals surface area contributed by atoms with Crippen LogP contribution in [0.15, 0.2) is 41.5 Å². The van der Waals surface area contributed by atoms with Gasteiger partial charge in [0, 0.05) is 31.9 Å². The number of para-hydroxylation sites is 1. The zero-order chi connectivity index (χ0) is 15.5. The van der Waals surface area contributed by atoms with Gasteiger partial charge >= 0.3 is 0 Å². The second-order valence-corrected chi connectivity index (χ2v) is 5.65. The molecule has 2 heterocycles. The molecule has 2 aromatic rings. The average molecular weight is 320 g/mol. The second kappa shape index (κ2) is 6.40. The molecule has 1 aliphatic heterocycles. The number of nitrogens with zero attached hydrogens (tertiary/aromatic N) is 3. The fourth-order valence-corrected chi connectivity index (χ4v) is 2.82. The van der Waals surface area contributed by atoms with Crippen molar-refractivity contribution in [2.75, 3.05) is 18.0 Å². The minimum Gasteiger partial charge on any atom is -0.487 e. The third kappa shape index (κ3) is 2.95. The predicted octanol–water partition coefficient (Wildman–Crippen LogP) is 2.57. The molecule has 0 unspecified atom stereocenters. The predicted molar refractivity (Wildman–Crippen MR) is 86.9 cm³/mol. The van der Waals surface area contributed by atoms with Gasteiger partial charge in [-0.1, -0.05) is 23.7 Å². The van der Waals surface area contributed by atoms with Gasteiger partial charge in [-0.05, 0) is 19.1 Å². The first-order valence-corrected chi connectivity index (χ1v) is 7.78. The monoisotopic (exact) mass is 319 g/mol. The number of hydrogen-bond acceptors (Lipinski definition) is 4. The fourth-order valence-electron chi connectivity index (χ4n) is 2.64. The van der Waals surface area contributed by atoms with E-state index in [1.807, 2.05) is 36.1 Å². The van der Waals surface area contributed by atoms with E-state index in [-0.39, 0.29) is 11.7 Å². The molecule has 0 aliphatic carbocycles. The van der Waals surface area contributed by atoms with Gasteiger partial charge < -0.3 is 14.2 Å². The summed E-state index contributed by atoms with van der Waals surface area (Å²) in [6.45, 7) is 3.98. The summed E-state index contributed by atoms with van der Waals surface area (Å²) in [5.41, 5.74) is -0.0524. The number of anilines is 1. The van der Waals surface area contributed by atoms with Gasteiger partial charge in [0.1, 0.15) is 11.9 Å². The number of halogens is 1. The lowest BCUT2D eigenvalue weighted by Crippen LogP contribution is -2.33. The highest BCUT2D eigenvalue weighted by Gasteiger charge is 2.27. The standard InChI is InChI=1S/C16H18ClN3O2/c1-2-19-10-8-18-15(16(19)21)20-9-7-12(11-20)22-14-6-4-3-5-13(14)17/h3-6,8,10,12H,2,7,9,11H2,1H3/t12-/m1/s1. The molecule has 0 bridgehead atoms. The Balaban J connectivity index is 1.73. The SMILES string of the molecule is CCn1ccnc(N2CC[C@@H](Oc3ccccc3Cl)C2)c1=O. The highest BCUT2D eigenvalue weighted by Crippen LogP contribution is 2.27. The van der Waals surface area contributed by atoms with Crippen molar-refractivity contribution in [3.8, 4) is 5.75 Å². The molecule has 1 aliphatic rings. The third-order valence-corrected chi connectivity index (χ3v) is 4.12. The summed E-state index contributed by atoms with van der Waals surface area (Å²) in [6, 6.07) is 7.43. The van der Waals surface area contributed by atoms with E-state index >= 15 is 0 Å². The summed E-state index contributed by atoms with van der Waals surface area (Å²) >= 11 is 6.12. The van der Waals surface area contributed by atoms with Crippen LogP contribution in [0.4, 0.5) is 5.82 Å². The van der Waals surface area contributed by atoms with Gasteiger partial charge in [0.25, 0.3) is 5.56 Å². The molecule has 1 aromatic carbocycles. The minimum atomic E-state index is -0.0524. The lowest BCUT2D eigenvalue weighted by molar-refractivity contribution is 0.225. The Hall–Kier alpha value is -2.01. The maximum Gasteiger partial charge on any atom is 0.293 e. The molecule has 0 N–H and O–H groups in total. The highest BCUT2D eigenvalue weighted by atomic mass is 35.5. The molecular formula is C16H18ClN3O2. The molecule has 6 heteroatoms. The van der Waals surface area contributed by atoms with Crippen LogP contribution < -0.4 is 15.2 Å². The van der Waals surface area contributed by atoms with Crippen LogP contribution in [0.5, 0.6) is 5.75 Å². The Morgan fingerprint density at radius 1 is 1.41 bits per heavy atom. The summed E-state index contributed by atoms with van der Waals surface area (Å²) < 4.78 is 7.60. The van der Waals surface area contributed by atoms with Crippen molar-refractivity contribution >= 4 is 17.4 Å². The van der Waals surface area contributed by atoms with E-state index in [1.165, 1.54) is 0 Å². The van der Waals surface area contributed by atoms with E-state index in [0.29, 0.717) is 29.7 Å². The quantitative estimate of drug-likeness (QED) is 0.869. The van der Waals surface area contributed by atoms with Crippen molar-refractivity contribution in [2.45, 2.75) is 26.0 Å². The van der Waals surface area contributed by atoms with Gasteiger partial charge in [-0.3, -0.25) is 4.79 Å². The van der Waals surface area contributed by atoms with E-state index in [2.05, 4.69) is 4.98 Å². The molecule has 0 spiro atoms. The molecule has 0 saturated carbocycles. The van der Waals surface area contributed by atoms with Crippen molar-refractivity contribution < 1.29 is 4.74 Å². The lowest BCUT2D eigenvalue weighted by atomic mass is 10.3.